The van der Waals surface area contributed by atoms with Gasteiger partial charge in [0.25, 0.3) is 0 Å². The van der Waals surface area contributed by atoms with Crippen molar-refractivity contribution < 1.29 is 8.78 Å². The lowest BCUT2D eigenvalue weighted by Gasteiger charge is -2.07. The molecular formula is C15H11F2N3S. The first kappa shape index (κ1) is 15.0. The molecule has 3 nitrogen and oxygen atoms in total. The van der Waals surface area contributed by atoms with Crippen LogP contribution in [0.4, 0.5) is 14.5 Å². The molecule has 2 rings (SSSR count). The summed E-state index contributed by atoms with van der Waals surface area (Å²) in [6.45, 7) is 0. The van der Waals surface area contributed by atoms with Crippen LogP contribution < -0.4 is 5.32 Å². The van der Waals surface area contributed by atoms with Crippen molar-refractivity contribution >= 4 is 22.6 Å². The number of nitrogens with one attached hydrogen (secondary N) is 1. The fraction of sp³-hybridized carbons (Fsp3) is 0.0667. The van der Waals surface area contributed by atoms with E-state index < -0.39 is 11.6 Å². The first-order chi connectivity index (χ1) is 10.2. The minimum atomic E-state index is -0.911. The predicted octanol–water partition coefficient (Wildman–Crippen LogP) is 4.05. The van der Waals surface area contributed by atoms with Gasteiger partial charge in [-0.15, -0.1) is 0 Å². The highest BCUT2D eigenvalue weighted by Gasteiger charge is 2.08. The maximum absolute atomic E-state index is 13.4. The van der Waals surface area contributed by atoms with Crippen molar-refractivity contribution in [1.29, 1.82) is 5.26 Å². The molecule has 0 unspecified atom stereocenters. The molecule has 0 atom stereocenters. The van der Waals surface area contributed by atoms with Crippen molar-refractivity contribution in [3.63, 3.8) is 0 Å². The van der Waals surface area contributed by atoms with Gasteiger partial charge in [0.05, 0.1) is 5.69 Å². The monoisotopic (exact) mass is 303 g/mol. The van der Waals surface area contributed by atoms with Crippen LogP contribution in [-0.2, 0) is 0 Å². The Bertz CT molecular complexity index is 723. The molecule has 0 bridgehead atoms. The molecule has 21 heavy (non-hydrogen) atoms. The molecule has 1 N–H and O–H groups in total. The van der Waals surface area contributed by atoms with E-state index in [-0.39, 0.29) is 0 Å². The third-order valence-corrected chi connectivity index (χ3v) is 3.29. The summed E-state index contributed by atoms with van der Waals surface area (Å²) in [6.07, 6.45) is 3.58. The molecule has 0 saturated carbocycles. The highest BCUT2D eigenvalue weighted by Crippen LogP contribution is 2.31. The van der Waals surface area contributed by atoms with E-state index in [4.69, 9.17) is 5.26 Å². The van der Waals surface area contributed by atoms with Gasteiger partial charge in [0.2, 0.25) is 0 Å². The van der Waals surface area contributed by atoms with Crippen LogP contribution in [0.2, 0.25) is 0 Å². The largest absolute Gasteiger partial charge is 0.271 e. The normalized spacial score (nSPS) is 11.0. The standard InChI is InChI=1S/C15H11F2N3S/c1-21-15(19-9-18)20-14-5-3-2-4-11(14)10-6-7-12(16)13(17)8-10/h2-8H,1H3,(H,19,20). The summed E-state index contributed by atoms with van der Waals surface area (Å²) in [4.78, 5) is 4.33. The van der Waals surface area contributed by atoms with E-state index in [1.807, 2.05) is 0 Å². The maximum atomic E-state index is 13.4. The topological polar surface area (TPSA) is 48.2 Å². The molecular weight excluding hydrogens is 292 g/mol. The van der Waals surface area contributed by atoms with Crippen molar-refractivity contribution in [2.75, 3.05) is 6.26 Å². The summed E-state index contributed by atoms with van der Waals surface area (Å²) in [7, 11) is 0. The number of nitriles is 1. The Morgan fingerprint density at radius 2 is 1.95 bits per heavy atom. The number of benzene rings is 2. The molecule has 0 aliphatic rings. The lowest BCUT2D eigenvalue weighted by molar-refractivity contribution is 0.509. The minimum absolute atomic E-state index is 0.424. The Kier molecular flexibility index (Phi) is 4.90. The fourth-order valence-electron chi connectivity index (χ4n) is 1.76. The second-order valence-electron chi connectivity index (χ2n) is 4.00. The summed E-state index contributed by atoms with van der Waals surface area (Å²) in [5.41, 5.74) is 1.74. The zero-order valence-corrected chi connectivity index (χ0v) is 11.9. The number of para-hydroxylation sites is 1. The Morgan fingerprint density at radius 1 is 1.19 bits per heavy atom. The molecule has 106 valence electrons. The molecule has 0 aliphatic heterocycles. The zero-order valence-electron chi connectivity index (χ0n) is 11.1. The number of hydrogen-bond donors (Lipinski definition) is 1. The highest BCUT2D eigenvalue weighted by atomic mass is 32.2. The first-order valence-corrected chi connectivity index (χ1v) is 7.20. The van der Waals surface area contributed by atoms with Gasteiger partial charge in [-0.1, -0.05) is 36.0 Å². The quantitative estimate of drug-likeness (QED) is 0.394. The Labute approximate surface area is 125 Å². The van der Waals surface area contributed by atoms with E-state index in [2.05, 4.69) is 10.3 Å². The van der Waals surface area contributed by atoms with Crippen LogP contribution in [0, 0.1) is 23.1 Å². The van der Waals surface area contributed by atoms with Crippen LogP contribution in [0.3, 0.4) is 0 Å². The molecule has 0 aliphatic carbocycles. The van der Waals surface area contributed by atoms with E-state index in [0.29, 0.717) is 22.0 Å². The van der Waals surface area contributed by atoms with Crippen LogP contribution in [0.15, 0.2) is 47.5 Å². The van der Waals surface area contributed by atoms with Gasteiger partial charge in [-0.2, -0.15) is 5.26 Å². The smallest absolute Gasteiger partial charge is 0.183 e. The van der Waals surface area contributed by atoms with Crippen molar-refractivity contribution in [2.45, 2.75) is 0 Å². The van der Waals surface area contributed by atoms with Gasteiger partial charge in [-0.3, -0.25) is 5.32 Å². The van der Waals surface area contributed by atoms with Gasteiger partial charge >= 0.3 is 0 Å². The molecule has 6 heteroatoms. The Morgan fingerprint density at radius 3 is 2.62 bits per heavy atom. The van der Waals surface area contributed by atoms with Gasteiger partial charge in [-0.05, 0) is 30.0 Å². The summed E-state index contributed by atoms with van der Waals surface area (Å²) < 4.78 is 26.4. The summed E-state index contributed by atoms with van der Waals surface area (Å²) in [5.74, 6) is -1.80. The van der Waals surface area contributed by atoms with Crippen molar-refractivity contribution in [1.82, 2.24) is 5.32 Å². The first-order valence-electron chi connectivity index (χ1n) is 5.98. The number of aliphatic imine (C=N–C) groups is 1. The van der Waals surface area contributed by atoms with Gasteiger partial charge in [0.1, 0.15) is 0 Å². The molecule has 0 saturated heterocycles. The third kappa shape index (κ3) is 3.58. The van der Waals surface area contributed by atoms with Crippen LogP contribution >= 0.6 is 11.8 Å². The van der Waals surface area contributed by atoms with Crippen LogP contribution in [0.5, 0.6) is 0 Å². The van der Waals surface area contributed by atoms with Crippen molar-refractivity contribution in [3.8, 4) is 17.3 Å². The average molecular weight is 303 g/mol. The second kappa shape index (κ2) is 6.86. The number of amidine groups is 1. The van der Waals surface area contributed by atoms with E-state index in [0.717, 1.165) is 12.1 Å². The average Bonchev–Trinajstić information content (AvgIpc) is 2.50. The van der Waals surface area contributed by atoms with Gasteiger partial charge < -0.3 is 0 Å². The van der Waals surface area contributed by atoms with Crippen LogP contribution in [0.1, 0.15) is 0 Å². The van der Waals surface area contributed by atoms with Gasteiger partial charge in [0.15, 0.2) is 23.0 Å². The molecule has 0 heterocycles. The number of thioether (sulfide) groups is 1. The van der Waals surface area contributed by atoms with E-state index >= 15 is 0 Å². The minimum Gasteiger partial charge on any atom is -0.271 e. The Balaban J connectivity index is 2.50. The number of nitrogens with zero attached hydrogens (tertiary/aromatic N) is 2. The molecule has 0 fully saturated rings. The summed E-state index contributed by atoms with van der Waals surface area (Å²) in [5, 5.41) is 11.5. The summed E-state index contributed by atoms with van der Waals surface area (Å²) in [6, 6.07) is 10.8. The predicted molar refractivity (Wildman–Crippen MR) is 81.2 cm³/mol. The molecule has 2 aromatic rings. The molecule has 0 radical (unpaired) electrons. The van der Waals surface area contributed by atoms with Gasteiger partial charge in [-0.25, -0.2) is 13.8 Å². The van der Waals surface area contributed by atoms with E-state index in [1.54, 1.807) is 36.7 Å². The second-order valence-corrected chi connectivity index (χ2v) is 4.80. The SMILES string of the molecule is CSC(=Nc1ccccc1-c1ccc(F)c(F)c1)NC#N. The molecule has 0 aromatic heterocycles. The van der Waals surface area contributed by atoms with Gasteiger partial charge in [0, 0.05) is 5.56 Å². The van der Waals surface area contributed by atoms with E-state index in [9.17, 15) is 8.78 Å². The molecule has 2 aromatic carbocycles. The molecule has 0 spiro atoms. The van der Waals surface area contributed by atoms with Crippen LogP contribution in [0.25, 0.3) is 11.1 Å². The molecule has 0 amide bonds. The lowest BCUT2D eigenvalue weighted by atomic mass is 10.0. The van der Waals surface area contributed by atoms with Crippen molar-refractivity contribution in [3.05, 3.63) is 54.1 Å². The van der Waals surface area contributed by atoms with E-state index in [1.165, 1.54) is 17.8 Å². The fourth-order valence-corrected chi connectivity index (χ4v) is 2.10. The highest BCUT2D eigenvalue weighted by molar-refractivity contribution is 8.13. The number of halogens is 2. The number of hydrogen-bond acceptors (Lipinski definition) is 3. The Hall–Kier alpha value is -2.39. The lowest BCUT2D eigenvalue weighted by Crippen LogP contribution is -2.12. The third-order valence-electron chi connectivity index (χ3n) is 2.71. The maximum Gasteiger partial charge on any atom is 0.183 e. The zero-order chi connectivity index (χ0) is 15.2. The number of rotatable bonds is 2. The van der Waals surface area contributed by atoms with Crippen LogP contribution in [-0.4, -0.2) is 11.4 Å². The van der Waals surface area contributed by atoms with Crippen molar-refractivity contribution in [2.24, 2.45) is 4.99 Å². The summed E-state index contributed by atoms with van der Waals surface area (Å²) >= 11 is 1.28.